The van der Waals surface area contributed by atoms with E-state index < -0.39 is 0 Å². The Hall–Kier alpha value is -0.350. The summed E-state index contributed by atoms with van der Waals surface area (Å²) in [6.45, 7) is 6.48. The van der Waals surface area contributed by atoms with Crippen LogP contribution in [0.25, 0.3) is 0 Å². The molecule has 0 saturated heterocycles. The molecule has 14 heavy (non-hydrogen) atoms. The summed E-state index contributed by atoms with van der Waals surface area (Å²) in [7, 11) is 0. The minimum absolute atomic E-state index is 0.0252. The number of hydrogen-bond acceptors (Lipinski definition) is 1. The van der Waals surface area contributed by atoms with Gasteiger partial charge in [-0.05, 0) is 44.3 Å². The molecule has 0 radical (unpaired) electrons. The summed E-state index contributed by atoms with van der Waals surface area (Å²) in [5.74, 6) is 0. The molecule has 0 aromatic carbocycles. The molecule has 0 saturated carbocycles. The van der Waals surface area contributed by atoms with Gasteiger partial charge in [0.25, 0.3) is 5.56 Å². The van der Waals surface area contributed by atoms with E-state index in [1.165, 1.54) is 0 Å². The molecule has 1 rings (SSSR count). The van der Waals surface area contributed by atoms with Crippen molar-refractivity contribution in [1.29, 1.82) is 0 Å². The lowest BCUT2D eigenvalue weighted by molar-refractivity contribution is 0.721. The molecule has 0 aliphatic heterocycles. The van der Waals surface area contributed by atoms with Crippen LogP contribution in [0.1, 0.15) is 13.3 Å². The zero-order valence-corrected chi connectivity index (χ0v) is 11.1. The van der Waals surface area contributed by atoms with Crippen molar-refractivity contribution < 1.29 is 0 Å². The highest BCUT2D eigenvalue weighted by Gasteiger charge is 2.03. The monoisotopic (exact) mass is 319 g/mol. The first-order chi connectivity index (χ1) is 6.54. The first kappa shape index (κ1) is 11.7. The van der Waals surface area contributed by atoms with Crippen LogP contribution >= 0.6 is 31.9 Å². The second-order valence-corrected chi connectivity index (χ2v) is 4.81. The Kier molecular flexibility index (Phi) is 4.13. The number of halogens is 2. The van der Waals surface area contributed by atoms with Crippen molar-refractivity contribution in [3.8, 4) is 0 Å². The van der Waals surface area contributed by atoms with E-state index >= 15 is 0 Å². The maximum absolute atomic E-state index is 11.6. The molecule has 0 bridgehead atoms. The zero-order valence-electron chi connectivity index (χ0n) is 7.89. The van der Waals surface area contributed by atoms with Crippen molar-refractivity contribution in [2.24, 2.45) is 0 Å². The van der Waals surface area contributed by atoms with Crippen LogP contribution in [-0.4, -0.2) is 4.57 Å². The maximum atomic E-state index is 11.6. The van der Waals surface area contributed by atoms with Gasteiger partial charge in [-0.15, -0.1) is 0 Å². The average Bonchev–Trinajstić information content (AvgIpc) is 2.13. The number of nitrogens with zero attached hydrogens (tertiary/aromatic N) is 1. The summed E-state index contributed by atoms with van der Waals surface area (Å²) >= 11 is 6.56. The predicted octanol–water partition coefficient (Wildman–Crippen LogP) is 3.34. The topological polar surface area (TPSA) is 22.0 Å². The highest BCUT2D eigenvalue weighted by Crippen LogP contribution is 2.13. The molecule has 2 nitrogen and oxygen atoms in total. The van der Waals surface area contributed by atoms with Gasteiger partial charge in [-0.2, -0.15) is 0 Å². The lowest BCUT2D eigenvalue weighted by Gasteiger charge is -2.07. The minimum Gasteiger partial charge on any atom is -0.309 e. The summed E-state index contributed by atoms with van der Waals surface area (Å²) < 4.78 is 3.09. The Bertz CT molecular complexity index is 409. The van der Waals surface area contributed by atoms with Crippen LogP contribution < -0.4 is 5.56 Å². The summed E-state index contributed by atoms with van der Waals surface area (Å²) in [6, 6.07) is 1.74. The molecular formula is C10H11Br2NO. The Morgan fingerprint density at radius 1 is 1.57 bits per heavy atom. The third-order valence-corrected chi connectivity index (χ3v) is 2.90. The number of aromatic nitrogens is 1. The van der Waals surface area contributed by atoms with Crippen LogP contribution in [0.3, 0.4) is 0 Å². The van der Waals surface area contributed by atoms with Crippen LogP contribution in [0.4, 0.5) is 0 Å². The molecule has 0 N–H and O–H groups in total. The van der Waals surface area contributed by atoms with Gasteiger partial charge >= 0.3 is 0 Å². The zero-order chi connectivity index (χ0) is 10.7. The van der Waals surface area contributed by atoms with Crippen molar-refractivity contribution in [3.05, 3.63) is 43.7 Å². The molecule has 1 aromatic heterocycles. The van der Waals surface area contributed by atoms with Crippen molar-refractivity contribution in [2.75, 3.05) is 0 Å². The summed E-state index contributed by atoms with van der Waals surface area (Å²) in [5.41, 5.74) is 1.01. The number of rotatable bonds is 3. The maximum Gasteiger partial charge on any atom is 0.265 e. The fourth-order valence-electron chi connectivity index (χ4n) is 1.03. The molecule has 4 heteroatoms. The van der Waals surface area contributed by atoms with Crippen molar-refractivity contribution in [1.82, 2.24) is 4.57 Å². The van der Waals surface area contributed by atoms with Crippen LogP contribution in [-0.2, 0) is 6.54 Å². The largest absolute Gasteiger partial charge is 0.309 e. The highest BCUT2D eigenvalue weighted by molar-refractivity contribution is 9.11. The van der Waals surface area contributed by atoms with Gasteiger partial charge in [0, 0.05) is 17.2 Å². The smallest absolute Gasteiger partial charge is 0.265 e. The third kappa shape index (κ3) is 2.82. The molecule has 1 aromatic rings. The van der Waals surface area contributed by atoms with E-state index in [9.17, 15) is 4.79 Å². The van der Waals surface area contributed by atoms with Gasteiger partial charge < -0.3 is 4.57 Å². The Balaban J connectivity index is 3.09. The lowest BCUT2D eigenvalue weighted by atomic mass is 10.2. The first-order valence-corrected chi connectivity index (χ1v) is 5.85. The molecular weight excluding hydrogens is 310 g/mol. The van der Waals surface area contributed by atoms with Gasteiger partial charge in [-0.25, -0.2) is 0 Å². The van der Waals surface area contributed by atoms with Crippen molar-refractivity contribution >= 4 is 31.9 Å². The molecule has 0 aliphatic carbocycles. The standard InChI is InChI=1S/C10H11Br2NO/c1-3-7(2)5-13-6-8(11)4-9(12)10(13)14/h4,6H,2-3,5H2,1H3. The second kappa shape index (κ2) is 4.94. The van der Waals surface area contributed by atoms with E-state index in [0.717, 1.165) is 16.5 Å². The van der Waals surface area contributed by atoms with E-state index in [0.29, 0.717) is 11.0 Å². The molecule has 0 unspecified atom stereocenters. The van der Waals surface area contributed by atoms with E-state index in [4.69, 9.17) is 0 Å². The highest BCUT2D eigenvalue weighted by atomic mass is 79.9. The van der Waals surface area contributed by atoms with Crippen molar-refractivity contribution in [2.45, 2.75) is 19.9 Å². The summed E-state index contributed by atoms with van der Waals surface area (Å²) in [4.78, 5) is 11.6. The van der Waals surface area contributed by atoms with Gasteiger partial charge in [0.05, 0.1) is 4.47 Å². The van der Waals surface area contributed by atoms with E-state index in [1.54, 1.807) is 16.8 Å². The van der Waals surface area contributed by atoms with Gasteiger partial charge in [0.15, 0.2) is 0 Å². The Morgan fingerprint density at radius 3 is 2.79 bits per heavy atom. The number of pyridine rings is 1. The summed E-state index contributed by atoms with van der Waals surface area (Å²) in [5, 5.41) is 0. The lowest BCUT2D eigenvalue weighted by Crippen LogP contribution is -2.20. The van der Waals surface area contributed by atoms with Crippen molar-refractivity contribution in [3.63, 3.8) is 0 Å². The normalized spacial score (nSPS) is 10.2. The molecule has 0 aliphatic rings. The van der Waals surface area contributed by atoms with E-state index in [1.807, 2.05) is 6.92 Å². The molecule has 0 fully saturated rings. The first-order valence-electron chi connectivity index (χ1n) is 4.26. The predicted molar refractivity (Wildman–Crippen MR) is 65.5 cm³/mol. The van der Waals surface area contributed by atoms with Gasteiger partial charge in [0.2, 0.25) is 0 Å². The van der Waals surface area contributed by atoms with Crippen LogP contribution in [0.5, 0.6) is 0 Å². The Labute approximate surface area is 99.9 Å². The van der Waals surface area contributed by atoms with Gasteiger partial charge in [-0.1, -0.05) is 19.1 Å². The minimum atomic E-state index is -0.0252. The van der Waals surface area contributed by atoms with Crippen LogP contribution in [0.2, 0.25) is 0 Å². The Morgan fingerprint density at radius 2 is 2.21 bits per heavy atom. The van der Waals surface area contributed by atoms with Crippen LogP contribution in [0.15, 0.2) is 38.2 Å². The number of hydrogen-bond donors (Lipinski definition) is 0. The molecule has 76 valence electrons. The average molecular weight is 321 g/mol. The third-order valence-electron chi connectivity index (χ3n) is 1.90. The SMILES string of the molecule is C=C(CC)Cn1cc(Br)cc(Br)c1=O. The fraction of sp³-hybridized carbons (Fsp3) is 0.300. The summed E-state index contributed by atoms with van der Waals surface area (Å²) in [6.07, 6.45) is 2.66. The molecule has 0 atom stereocenters. The second-order valence-electron chi connectivity index (χ2n) is 3.04. The molecule has 1 heterocycles. The molecule has 0 spiro atoms. The fourth-order valence-corrected chi connectivity index (χ4v) is 2.29. The van der Waals surface area contributed by atoms with Crippen LogP contribution in [0, 0.1) is 0 Å². The number of allylic oxidation sites excluding steroid dienone is 1. The van der Waals surface area contributed by atoms with Gasteiger partial charge in [0.1, 0.15) is 0 Å². The van der Waals surface area contributed by atoms with E-state index in [2.05, 4.69) is 38.4 Å². The van der Waals surface area contributed by atoms with Gasteiger partial charge in [-0.3, -0.25) is 4.79 Å². The molecule has 0 amide bonds. The quantitative estimate of drug-likeness (QED) is 0.783. The van der Waals surface area contributed by atoms with E-state index in [-0.39, 0.29) is 5.56 Å².